The summed E-state index contributed by atoms with van der Waals surface area (Å²) in [6.07, 6.45) is 2.31. The summed E-state index contributed by atoms with van der Waals surface area (Å²) in [6, 6.07) is 0. The van der Waals surface area contributed by atoms with E-state index in [2.05, 4.69) is 0 Å². The molecule has 0 saturated heterocycles. The number of rotatable bonds is 9. The molecule has 106 valence electrons. The molecular weight excluding hydrogens is 257 g/mol. The van der Waals surface area contributed by atoms with Gasteiger partial charge in [0.2, 0.25) is 5.91 Å². The van der Waals surface area contributed by atoms with Crippen LogP contribution in [0.1, 0.15) is 33.1 Å². The van der Waals surface area contributed by atoms with E-state index < -0.39 is 7.60 Å². The maximum absolute atomic E-state index is 12.1. The van der Waals surface area contributed by atoms with E-state index >= 15 is 0 Å². The van der Waals surface area contributed by atoms with Gasteiger partial charge < -0.3 is 9.05 Å². The molecule has 0 unspecified atom stereocenters. The van der Waals surface area contributed by atoms with Crippen molar-refractivity contribution in [2.45, 2.75) is 33.1 Å². The van der Waals surface area contributed by atoms with Gasteiger partial charge in [-0.3, -0.25) is 14.6 Å². The molecule has 18 heavy (non-hydrogen) atoms. The van der Waals surface area contributed by atoms with Crippen LogP contribution in [-0.4, -0.2) is 42.1 Å². The van der Waals surface area contributed by atoms with Gasteiger partial charge in [0, 0.05) is 12.5 Å². The van der Waals surface area contributed by atoms with Crippen molar-refractivity contribution in [2.24, 2.45) is 5.92 Å². The Labute approximate surface area is 108 Å². The van der Waals surface area contributed by atoms with Crippen molar-refractivity contribution >= 4 is 13.5 Å². The van der Waals surface area contributed by atoms with Gasteiger partial charge in [-0.2, -0.15) is 0 Å². The molecule has 1 rings (SSSR count). The van der Waals surface area contributed by atoms with E-state index in [1.165, 1.54) is 0 Å². The van der Waals surface area contributed by atoms with Crippen molar-refractivity contribution < 1.29 is 23.6 Å². The fourth-order valence-electron chi connectivity index (χ4n) is 1.63. The molecule has 1 fully saturated rings. The molecule has 6 nitrogen and oxygen atoms in total. The molecule has 0 aromatic heterocycles. The number of carbonyl (C=O) groups excluding carboxylic acids is 1. The molecule has 0 aliphatic heterocycles. The van der Waals surface area contributed by atoms with Crippen molar-refractivity contribution in [3.8, 4) is 0 Å². The van der Waals surface area contributed by atoms with Crippen LogP contribution in [0.25, 0.3) is 0 Å². The van der Waals surface area contributed by atoms with Crippen LogP contribution < -0.4 is 0 Å². The highest BCUT2D eigenvalue weighted by atomic mass is 31.2. The van der Waals surface area contributed by atoms with Gasteiger partial charge in [-0.1, -0.05) is 0 Å². The Bertz CT molecular complexity index is 309. The lowest BCUT2D eigenvalue weighted by Gasteiger charge is -2.19. The molecule has 1 saturated carbocycles. The Balaban J connectivity index is 2.29. The molecule has 0 radical (unpaired) electrons. The zero-order valence-electron chi connectivity index (χ0n) is 11.0. The Kier molecular flexibility index (Phi) is 6.29. The first kappa shape index (κ1) is 15.6. The maximum Gasteiger partial charge on any atom is 0.330 e. The van der Waals surface area contributed by atoms with E-state index in [-0.39, 0.29) is 24.5 Å². The highest BCUT2D eigenvalue weighted by molar-refractivity contribution is 7.53. The van der Waals surface area contributed by atoms with Gasteiger partial charge in [-0.05, 0) is 33.1 Å². The van der Waals surface area contributed by atoms with Crippen LogP contribution in [0, 0.1) is 5.92 Å². The lowest BCUT2D eigenvalue weighted by Crippen LogP contribution is -2.30. The third kappa shape index (κ3) is 5.06. The Morgan fingerprint density at radius 1 is 1.33 bits per heavy atom. The summed E-state index contributed by atoms with van der Waals surface area (Å²) in [6.45, 7) is 4.31. The number of hydroxylamine groups is 2. The molecule has 1 amide bonds. The average Bonchev–Trinajstić information content (AvgIpc) is 3.12. The normalized spacial score (nSPS) is 15.7. The smallest absolute Gasteiger partial charge is 0.309 e. The highest BCUT2D eigenvalue weighted by Gasteiger charge is 2.33. The van der Waals surface area contributed by atoms with Crippen LogP contribution in [0.5, 0.6) is 0 Å². The molecule has 0 aromatic carbocycles. The lowest BCUT2D eigenvalue weighted by molar-refractivity contribution is -0.166. The minimum atomic E-state index is -3.06. The van der Waals surface area contributed by atoms with Gasteiger partial charge in [-0.25, -0.2) is 5.06 Å². The topological polar surface area (TPSA) is 76.1 Å². The van der Waals surface area contributed by atoms with Crippen LogP contribution in [0.15, 0.2) is 0 Å². The fraction of sp³-hybridized carbons (Fsp3) is 0.909. The summed E-state index contributed by atoms with van der Waals surface area (Å²) in [5.41, 5.74) is 0. The molecule has 1 aliphatic carbocycles. The van der Waals surface area contributed by atoms with E-state index in [0.29, 0.717) is 19.6 Å². The van der Waals surface area contributed by atoms with E-state index in [1.807, 2.05) is 0 Å². The van der Waals surface area contributed by atoms with Crippen LogP contribution in [0.2, 0.25) is 0 Å². The van der Waals surface area contributed by atoms with Crippen molar-refractivity contribution in [3.05, 3.63) is 0 Å². The van der Waals surface area contributed by atoms with Crippen molar-refractivity contribution in [2.75, 3.05) is 25.9 Å². The second-order valence-electron chi connectivity index (χ2n) is 4.26. The number of hydrogen-bond acceptors (Lipinski definition) is 5. The maximum atomic E-state index is 12.1. The van der Waals surface area contributed by atoms with Crippen LogP contribution in [0.4, 0.5) is 0 Å². The van der Waals surface area contributed by atoms with Gasteiger partial charge >= 0.3 is 7.60 Å². The standard InChI is InChI=1S/C11H22NO5P/c1-3-16-18(15,17-4-2)9-5-8-12(14)11(13)10-6-7-10/h10,14H,3-9H2,1-2H3. The zero-order chi connectivity index (χ0) is 13.6. The zero-order valence-corrected chi connectivity index (χ0v) is 11.9. The van der Waals surface area contributed by atoms with E-state index in [0.717, 1.165) is 17.9 Å². The lowest BCUT2D eigenvalue weighted by atomic mass is 10.3. The van der Waals surface area contributed by atoms with Crippen LogP contribution in [-0.2, 0) is 18.4 Å². The van der Waals surface area contributed by atoms with Gasteiger partial charge in [-0.15, -0.1) is 0 Å². The van der Waals surface area contributed by atoms with Gasteiger partial charge in [0.05, 0.1) is 19.4 Å². The Hall–Kier alpha value is -0.420. The predicted octanol–water partition coefficient (Wildman–Crippen LogP) is 2.27. The second kappa shape index (κ2) is 7.24. The number of nitrogens with zero attached hydrogens (tertiary/aromatic N) is 1. The molecule has 1 aliphatic rings. The largest absolute Gasteiger partial charge is 0.330 e. The van der Waals surface area contributed by atoms with Gasteiger partial charge in [0.15, 0.2) is 0 Å². The first-order chi connectivity index (χ1) is 8.52. The van der Waals surface area contributed by atoms with Crippen molar-refractivity contribution in [1.29, 1.82) is 0 Å². The molecule has 1 N–H and O–H groups in total. The quantitative estimate of drug-likeness (QED) is 0.398. The van der Waals surface area contributed by atoms with Crippen molar-refractivity contribution in [3.63, 3.8) is 0 Å². The summed E-state index contributed by atoms with van der Waals surface area (Å²) < 4.78 is 22.3. The molecule has 0 bridgehead atoms. The van der Waals surface area contributed by atoms with E-state index in [4.69, 9.17) is 9.05 Å². The monoisotopic (exact) mass is 279 g/mol. The summed E-state index contributed by atoms with van der Waals surface area (Å²) in [4.78, 5) is 11.5. The number of hydrogen-bond donors (Lipinski definition) is 1. The van der Waals surface area contributed by atoms with Gasteiger partial charge in [0.1, 0.15) is 0 Å². The fourth-order valence-corrected chi connectivity index (χ4v) is 3.27. The Morgan fingerprint density at radius 3 is 2.33 bits per heavy atom. The molecule has 0 atom stereocenters. The van der Waals surface area contributed by atoms with Crippen LogP contribution in [0.3, 0.4) is 0 Å². The number of amides is 1. The minimum Gasteiger partial charge on any atom is -0.309 e. The predicted molar refractivity (Wildman–Crippen MR) is 66.6 cm³/mol. The molecule has 7 heteroatoms. The molecular formula is C11H22NO5P. The molecule has 0 heterocycles. The highest BCUT2D eigenvalue weighted by Crippen LogP contribution is 2.48. The summed E-state index contributed by atoms with van der Waals surface area (Å²) >= 11 is 0. The van der Waals surface area contributed by atoms with Crippen LogP contribution >= 0.6 is 7.60 Å². The minimum absolute atomic E-state index is 0.0133. The SMILES string of the molecule is CCOP(=O)(CCCN(O)C(=O)C1CC1)OCC. The van der Waals surface area contributed by atoms with Gasteiger partial charge in [0.25, 0.3) is 0 Å². The second-order valence-corrected chi connectivity index (χ2v) is 6.44. The molecule has 0 aromatic rings. The third-order valence-corrected chi connectivity index (χ3v) is 4.80. The summed E-state index contributed by atoms with van der Waals surface area (Å²) in [7, 11) is -3.06. The third-order valence-electron chi connectivity index (χ3n) is 2.63. The molecule has 0 spiro atoms. The first-order valence-electron chi connectivity index (χ1n) is 6.40. The first-order valence-corrected chi connectivity index (χ1v) is 8.13. The number of carbonyl (C=O) groups is 1. The average molecular weight is 279 g/mol. The van der Waals surface area contributed by atoms with E-state index in [9.17, 15) is 14.6 Å². The van der Waals surface area contributed by atoms with Crippen molar-refractivity contribution in [1.82, 2.24) is 5.06 Å². The Morgan fingerprint density at radius 2 is 1.89 bits per heavy atom. The summed E-state index contributed by atoms with van der Waals surface area (Å²) in [5.74, 6) is -0.252. The summed E-state index contributed by atoms with van der Waals surface area (Å²) in [5, 5.41) is 10.2. The van der Waals surface area contributed by atoms with E-state index in [1.54, 1.807) is 13.8 Å².